The highest BCUT2D eigenvalue weighted by molar-refractivity contribution is 7.92. The molecule has 25 heavy (non-hydrogen) atoms. The van der Waals surface area contributed by atoms with E-state index in [2.05, 4.69) is 4.72 Å². The fourth-order valence-electron chi connectivity index (χ4n) is 2.59. The van der Waals surface area contributed by atoms with Gasteiger partial charge in [-0.2, -0.15) is 0 Å². The van der Waals surface area contributed by atoms with Crippen molar-refractivity contribution in [2.24, 2.45) is 14.1 Å². The lowest BCUT2D eigenvalue weighted by Crippen LogP contribution is -2.19. The van der Waals surface area contributed by atoms with Gasteiger partial charge < -0.3 is 4.74 Å². The molecule has 0 saturated heterocycles. The summed E-state index contributed by atoms with van der Waals surface area (Å²) in [5.41, 5.74) is 1.35. The summed E-state index contributed by atoms with van der Waals surface area (Å²) in [5.74, 6) is -0.814. The molecule has 132 valence electrons. The number of ether oxygens (including phenoxy) is 1. The number of nitrogens with zero attached hydrogens (tertiary/aromatic N) is 2. The Labute approximate surface area is 143 Å². The monoisotopic (exact) mass is 365 g/mol. The Bertz CT molecular complexity index is 1130. The molecule has 0 aliphatic heterocycles. The Balaban J connectivity index is 2.02. The number of benzene rings is 2. The van der Waals surface area contributed by atoms with Gasteiger partial charge in [-0.3, -0.25) is 13.9 Å². The Morgan fingerprint density at radius 2 is 1.72 bits per heavy atom. The minimum absolute atomic E-state index is 0.132. The number of hydrogen-bond donors (Lipinski definition) is 1. The van der Waals surface area contributed by atoms with Gasteiger partial charge in [-0.1, -0.05) is 0 Å². The smallest absolute Gasteiger partial charge is 0.328 e. The molecule has 0 atom stereocenters. The van der Waals surface area contributed by atoms with Gasteiger partial charge in [-0.15, -0.1) is 0 Å². The van der Waals surface area contributed by atoms with Gasteiger partial charge in [0.1, 0.15) is 0 Å². The number of fused-ring (bicyclic) bond motifs is 1. The van der Waals surface area contributed by atoms with Crippen LogP contribution in [0.3, 0.4) is 0 Å². The largest absolute Gasteiger partial charge is 0.494 e. The second kappa shape index (κ2) is 5.92. The molecule has 7 nitrogen and oxygen atoms in total. The molecule has 1 aromatic heterocycles. The van der Waals surface area contributed by atoms with E-state index in [1.807, 2.05) is 0 Å². The van der Waals surface area contributed by atoms with Crippen molar-refractivity contribution in [3.8, 4) is 5.75 Å². The van der Waals surface area contributed by atoms with Crippen molar-refractivity contribution in [2.75, 3.05) is 11.8 Å². The average Bonchev–Trinajstić information content (AvgIpc) is 2.79. The van der Waals surface area contributed by atoms with E-state index >= 15 is 0 Å². The quantitative estimate of drug-likeness (QED) is 0.765. The number of methoxy groups -OCH3 is 1. The van der Waals surface area contributed by atoms with Crippen molar-refractivity contribution < 1.29 is 17.5 Å². The Hall–Kier alpha value is -2.81. The second-order valence-corrected chi connectivity index (χ2v) is 7.19. The lowest BCUT2D eigenvalue weighted by Gasteiger charge is -2.10. The maximum Gasteiger partial charge on any atom is 0.328 e. The zero-order chi connectivity index (χ0) is 18.4. The van der Waals surface area contributed by atoms with Gasteiger partial charge in [0.15, 0.2) is 11.6 Å². The predicted molar refractivity (Wildman–Crippen MR) is 91.9 cm³/mol. The molecule has 1 heterocycles. The van der Waals surface area contributed by atoms with Crippen LogP contribution >= 0.6 is 0 Å². The SMILES string of the molecule is COc1cc(S(=O)(=O)Nc2ccc3c(c2)n(C)c(=O)n3C)ccc1F. The number of rotatable bonds is 4. The maximum atomic E-state index is 13.5. The number of imidazole rings is 1. The number of halogens is 1. The average molecular weight is 365 g/mol. The number of hydrogen-bond acceptors (Lipinski definition) is 4. The third kappa shape index (κ3) is 2.86. The van der Waals surface area contributed by atoms with E-state index in [0.717, 1.165) is 18.2 Å². The van der Waals surface area contributed by atoms with Crippen molar-refractivity contribution in [1.82, 2.24) is 9.13 Å². The number of anilines is 1. The van der Waals surface area contributed by atoms with E-state index in [9.17, 15) is 17.6 Å². The fourth-order valence-corrected chi connectivity index (χ4v) is 3.66. The summed E-state index contributed by atoms with van der Waals surface area (Å²) in [7, 11) is 0.561. The van der Waals surface area contributed by atoms with Gasteiger partial charge in [0.2, 0.25) is 0 Å². The lowest BCUT2D eigenvalue weighted by atomic mass is 10.3. The lowest BCUT2D eigenvalue weighted by molar-refractivity contribution is 0.385. The Morgan fingerprint density at radius 1 is 1.04 bits per heavy atom. The summed E-state index contributed by atoms with van der Waals surface area (Å²) in [6.45, 7) is 0. The Kier molecular flexibility index (Phi) is 4.03. The van der Waals surface area contributed by atoms with Crippen LogP contribution < -0.4 is 15.1 Å². The third-order valence-electron chi connectivity index (χ3n) is 3.96. The van der Waals surface area contributed by atoms with Crippen LogP contribution in [0, 0.1) is 5.82 Å². The molecule has 0 aliphatic carbocycles. The minimum Gasteiger partial charge on any atom is -0.494 e. The molecule has 0 unspecified atom stereocenters. The third-order valence-corrected chi connectivity index (χ3v) is 5.34. The van der Waals surface area contributed by atoms with E-state index in [4.69, 9.17) is 4.74 Å². The summed E-state index contributed by atoms with van der Waals surface area (Å²) in [6.07, 6.45) is 0. The first-order valence-electron chi connectivity index (χ1n) is 7.26. The highest BCUT2D eigenvalue weighted by Gasteiger charge is 2.18. The molecule has 0 bridgehead atoms. The van der Waals surface area contributed by atoms with Crippen LogP contribution in [0.1, 0.15) is 0 Å². The van der Waals surface area contributed by atoms with Crippen LogP contribution in [0.5, 0.6) is 5.75 Å². The van der Waals surface area contributed by atoms with Crippen LogP contribution in [-0.4, -0.2) is 24.7 Å². The molecule has 0 spiro atoms. The summed E-state index contributed by atoms with van der Waals surface area (Å²) in [4.78, 5) is 11.8. The van der Waals surface area contributed by atoms with E-state index in [-0.39, 0.29) is 22.0 Å². The topological polar surface area (TPSA) is 82.3 Å². The molecule has 9 heteroatoms. The first-order valence-corrected chi connectivity index (χ1v) is 8.75. The second-order valence-electron chi connectivity index (χ2n) is 5.51. The minimum atomic E-state index is -3.94. The van der Waals surface area contributed by atoms with Gasteiger partial charge in [0, 0.05) is 20.2 Å². The molecule has 0 amide bonds. The van der Waals surface area contributed by atoms with Crippen molar-refractivity contribution in [3.63, 3.8) is 0 Å². The maximum absolute atomic E-state index is 13.5. The summed E-state index contributed by atoms with van der Waals surface area (Å²) < 4.78 is 48.6. The van der Waals surface area contributed by atoms with E-state index < -0.39 is 15.8 Å². The van der Waals surface area contributed by atoms with Crippen LogP contribution in [0.25, 0.3) is 11.0 Å². The van der Waals surface area contributed by atoms with E-state index in [0.29, 0.717) is 11.0 Å². The molecule has 0 saturated carbocycles. The molecule has 1 N–H and O–H groups in total. The highest BCUT2D eigenvalue weighted by Crippen LogP contribution is 2.24. The summed E-state index contributed by atoms with van der Waals surface area (Å²) in [6, 6.07) is 8.05. The molecular formula is C16H16FN3O4S. The molecule has 0 aliphatic rings. The zero-order valence-corrected chi connectivity index (χ0v) is 14.6. The van der Waals surface area contributed by atoms with Crippen LogP contribution in [-0.2, 0) is 24.1 Å². The summed E-state index contributed by atoms with van der Waals surface area (Å²) >= 11 is 0. The molecule has 0 fully saturated rings. The van der Waals surface area contributed by atoms with Crippen molar-refractivity contribution in [3.05, 3.63) is 52.7 Å². The molecule has 2 aromatic carbocycles. The number of aryl methyl sites for hydroxylation is 2. The number of aromatic nitrogens is 2. The summed E-state index contributed by atoms with van der Waals surface area (Å²) in [5, 5.41) is 0. The molecule has 0 radical (unpaired) electrons. The molecular weight excluding hydrogens is 349 g/mol. The van der Waals surface area contributed by atoms with Gasteiger partial charge in [-0.05, 0) is 30.3 Å². The zero-order valence-electron chi connectivity index (χ0n) is 13.8. The highest BCUT2D eigenvalue weighted by atomic mass is 32.2. The van der Waals surface area contributed by atoms with Crippen molar-refractivity contribution in [1.29, 1.82) is 0 Å². The van der Waals surface area contributed by atoms with Crippen LogP contribution in [0.15, 0.2) is 46.1 Å². The molecule has 3 aromatic rings. The number of nitrogens with one attached hydrogen (secondary N) is 1. The van der Waals surface area contributed by atoms with Gasteiger partial charge in [0.05, 0.1) is 28.7 Å². The van der Waals surface area contributed by atoms with Gasteiger partial charge >= 0.3 is 5.69 Å². The van der Waals surface area contributed by atoms with Crippen LogP contribution in [0.4, 0.5) is 10.1 Å². The number of sulfonamides is 1. The van der Waals surface area contributed by atoms with Gasteiger partial charge in [0.25, 0.3) is 10.0 Å². The van der Waals surface area contributed by atoms with Gasteiger partial charge in [-0.25, -0.2) is 17.6 Å². The van der Waals surface area contributed by atoms with E-state index in [1.165, 1.54) is 16.2 Å². The first kappa shape index (κ1) is 17.0. The van der Waals surface area contributed by atoms with E-state index in [1.54, 1.807) is 32.3 Å². The predicted octanol–water partition coefficient (Wildman–Crippen LogP) is 1.83. The standard InChI is InChI=1S/C16H16FN3O4S/c1-19-13-7-4-10(8-14(13)20(2)16(19)21)18-25(22,23)11-5-6-12(17)15(9-11)24-3/h4-9,18H,1-3H3. The van der Waals surface area contributed by atoms with Crippen molar-refractivity contribution in [2.45, 2.75) is 4.90 Å². The molecule has 3 rings (SSSR count). The van der Waals surface area contributed by atoms with Crippen LogP contribution in [0.2, 0.25) is 0 Å². The normalized spacial score (nSPS) is 11.7. The Morgan fingerprint density at radius 3 is 2.40 bits per heavy atom. The fraction of sp³-hybridized carbons (Fsp3) is 0.188. The van der Waals surface area contributed by atoms with Crippen molar-refractivity contribution >= 4 is 26.7 Å². The first-order chi connectivity index (χ1) is 11.7.